The monoisotopic (exact) mass is 415 g/mol. The lowest BCUT2D eigenvalue weighted by Gasteiger charge is -2.52. The van der Waals surface area contributed by atoms with Crippen molar-refractivity contribution in [2.75, 3.05) is 5.32 Å². The highest BCUT2D eigenvalue weighted by Gasteiger charge is 2.56. The van der Waals surface area contributed by atoms with Gasteiger partial charge in [0.05, 0.1) is 11.5 Å². The fourth-order valence-corrected chi connectivity index (χ4v) is 5.77. The molecule has 5 rings (SSSR count). The average Bonchev–Trinajstić information content (AvgIpc) is 3.43. The summed E-state index contributed by atoms with van der Waals surface area (Å²) in [7, 11) is 0. The number of nitrogens with one attached hydrogen (secondary N) is 2. The third kappa shape index (κ3) is 3.06. The van der Waals surface area contributed by atoms with Gasteiger partial charge in [0.2, 0.25) is 5.91 Å². The molecule has 2 N–H and O–H groups in total. The van der Waals surface area contributed by atoms with E-state index in [1.54, 1.807) is 0 Å². The lowest BCUT2D eigenvalue weighted by molar-refractivity contribution is -0.121. The number of hydrogen-bond donors (Lipinski definition) is 2. The highest BCUT2D eigenvalue weighted by Crippen LogP contribution is 2.51. The van der Waals surface area contributed by atoms with E-state index in [2.05, 4.69) is 29.0 Å². The number of rotatable bonds is 4. The van der Waals surface area contributed by atoms with Crippen molar-refractivity contribution in [2.24, 2.45) is 0 Å². The Morgan fingerprint density at radius 1 is 1.19 bits per heavy atom. The van der Waals surface area contributed by atoms with E-state index in [4.69, 9.17) is 0 Å². The van der Waals surface area contributed by atoms with Crippen LogP contribution in [0.1, 0.15) is 67.8 Å². The molecular formula is C26H29N3O2. The summed E-state index contributed by atoms with van der Waals surface area (Å²) in [6.45, 7) is 4.22. The van der Waals surface area contributed by atoms with Crippen molar-refractivity contribution in [2.45, 2.75) is 63.5 Å². The maximum Gasteiger partial charge on any atom is 0.254 e. The number of aromatic amines is 1. The van der Waals surface area contributed by atoms with Crippen molar-refractivity contribution in [3.8, 4) is 0 Å². The first-order valence-electron chi connectivity index (χ1n) is 11.4. The molecule has 2 heterocycles. The summed E-state index contributed by atoms with van der Waals surface area (Å²) < 4.78 is 0. The number of hydrogen-bond acceptors (Lipinski definition) is 2. The molecule has 3 aromatic rings. The summed E-state index contributed by atoms with van der Waals surface area (Å²) in [4.78, 5) is 32.7. The van der Waals surface area contributed by atoms with Crippen LogP contribution in [-0.4, -0.2) is 33.3 Å². The Morgan fingerprint density at radius 3 is 2.74 bits per heavy atom. The van der Waals surface area contributed by atoms with E-state index in [9.17, 15) is 9.59 Å². The lowest BCUT2D eigenvalue weighted by Crippen LogP contribution is -2.62. The van der Waals surface area contributed by atoms with Crippen molar-refractivity contribution >= 4 is 28.4 Å². The van der Waals surface area contributed by atoms with Gasteiger partial charge in [-0.1, -0.05) is 44.0 Å². The zero-order chi connectivity index (χ0) is 21.6. The SMILES string of the molecule is CC[C@H](C)N1C(=O)c2ccccc2[C@H](C(=O)Nc2ccc3cc[nH]c3c2)C12CCCC2. The number of carbonyl (C=O) groups is 2. The Balaban J connectivity index is 1.60. The largest absolute Gasteiger partial charge is 0.361 e. The normalized spacial score (nSPS) is 20.8. The number of anilines is 1. The number of amides is 2. The summed E-state index contributed by atoms with van der Waals surface area (Å²) in [5, 5.41) is 4.29. The van der Waals surface area contributed by atoms with Gasteiger partial charge in [0.15, 0.2) is 0 Å². The van der Waals surface area contributed by atoms with Crippen LogP contribution in [0, 0.1) is 0 Å². The van der Waals surface area contributed by atoms with E-state index < -0.39 is 5.54 Å². The highest BCUT2D eigenvalue weighted by molar-refractivity contribution is 6.05. The van der Waals surface area contributed by atoms with Crippen LogP contribution < -0.4 is 5.32 Å². The van der Waals surface area contributed by atoms with Gasteiger partial charge in [-0.25, -0.2) is 0 Å². The second-order valence-corrected chi connectivity index (χ2v) is 9.03. The second-order valence-electron chi connectivity index (χ2n) is 9.03. The van der Waals surface area contributed by atoms with Gasteiger partial charge < -0.3 is 15.2 Å². The molecule has 1 saturated carbocycles. The number of fused-ring (bicyclic) bond motifs is 2. The Kier molecular flexibility index (Phi) is 4.84. The first-order valence-corrected chi connectivity index (χ1v) is 11.4. The lowest BCUT2D eigenvalue weighted by atomic mass is 9.70. The first kappa shape index (κ1) is 19.9. The van der Waals surface area contributed by atoms with Crippen LogP contribution in [0.4, 0.5) is 5.69 Å². The van der Waals surface area contributed by atoms with Crippen LogP contribution in [0.3, 0.4) is 0 Å². The Hall–Kier alpha value is -3.08. The second kappa shape index (κ2) is 7.56. The number of benzene rings is 2. The summed E-state index contributed by atoms with van der Waals surface area (Å²) in [5.74, 6) is -0.331. The molecule has 2 amide bonds. The molecule has 1 aliphatic heterocycles. The molecule has 2 aliphatic rings. The first-order chi connectivity index (χ1) is 15.0. The van der Waals surface area contributed by atoms with Gasteiger partial charge in [-0.2, -0.15) is 0 Å². The van der Waals surface area contributed by atoms with Crippen LogP contribution in [0.2, 0.25) is 0 Å². The molecule has 31 heavy (non-hydrogen) atoms. The van der Waals surface area contributed by atoms with Crippen molar-refractivity contribution in [1.82, 2.24) is 9.88 Å². The van der Waals surface area contributed by atoms with Gasteiger partial charge in [0.25, 0.3) is 5.91 Å². The van der Waals surface area contributed by atoms with E-state index in [0.717, 1.165) is 54.3 Å². The molecule has 0 unspecified atom stereocenters. The van der Waals surface area contributed by atoms with Crippen molar-refractivity contribution in [3.63, 3.8) is 0 Å². The fraction of sp³-hybridized carbons (Fsp3) is 0.385. The predicted molar refractivity (Wildman–Crippen MR) is 123 cm³/mol. The van der Waals surface area contributed by atoms with Crippen molar-refractivity contribution in [3.05, 3.63) is 65.9 Å². The molecule has 0 saturated heterocycles. The van der Waals surface area contributed by atoms with Gasteiger partial charge in [-0.15, -0.1) is 0 Å². The Morgan fingerprint density at radius 2 is 1.97 bits per heavy atom. The maximum absolute atomic E-state index is 13.9. The van der Waals surface area contributed by atoms with Gasteiger partial charge in [0, 0.05) is 29.0 Å². The molecule has 2 atom stereocenters. The molecule has 160 valence electrons. The predicted octanol–water partition coefficient (Wildman–Crippen LogP) is 5.46. The summed E-state index contributed by atoms with van der Waals surface area (Å²) >= 11 is 0. The van der Waals surface area contributed by atoms with Crippen LogP contribution in [0.25, 0.3) is 10.9 Å². The summed E-state index contributed by atoms with van der Waals surface area (Å²) in [6.07, 6.45) is 6.59. The van der Waals surface area contributed by atoms with Gasteiger partial charge in [0.1, 0.15) is 0 Å². The van der Waals surface area contributed by atoms with E-state index in [-0.39, 0.29) is 23.8 Å². The third-order valence-electron chi connectivity index (χ3n) is 7.32. The highest BCUT2D eigenvalue weighted by atomic mass is 16.2. The van der Waals surface area contributed by atoms with Crippen molar-refractivity contribution in [1.29, 1.82) is 0 Å². The average molecular weight is 416 g/mol. The minimum absolute atomic E-state index is 0.0268. The van der Waals surface area contributed by atoms with E-state index in [1.807, 2.05) is 54.7 Å². The van der Waals surface area contributed by atoms with Crippen LogP contribution in [0.15, 0.2) is 54.7 Å². The standard InChI is InChI=1S/C26H29N3O2/c1-3-17(2)29-25(31)21-9-5-4-8-20(21)23(26(29)13-6-7-14-26)24(30)28-19-11-10-18-12-15-27-22(18)16-19/h4-5,8-12,15-17,23,27H,3,6-7,13-14H2,1-2H3,(H,28,30)/t17-,23+/m0/s1. The number of nitrogens with zero attached hydrogens (tertiary/aromatic N) is 1. The van der Waals surface area contributed by atoms with Gasteiger partial charge in [-0.3, -0.25) is 9.59 Å². The fourth-order valence-electron chi connectivity index (χ4n) is 5.77. The summed E-state index contributed by atoms with van der Waals surface area (Å²) in [5.41, 5.74) is 2.85. The van der Waals surface area contributed by atoms with E-state index in [1.165, 1.54) is 0 Å². The zero-order valence-electron chi connectivity index (χ0n) is 18.2. The summed E-state index contributed by atoms with van der Waals surface area (Å²) in [6, 6.07) is 15.7. The van der Waals surface area contributed by atoms with E-state index >= 15 is 0 Å². The smallest absolute Gasteiger partial charge is 0.254 e. The van der Waals surface area contributed by atoms with Gasteiger partial charge >= 0.3 is 0 Å². The van der Waals surface area contributed by atoms with Crippen molar-refractivity contribution < 1.29 is 9.59 Å². The number of aromatic nitrogens is 1. The molecule has 0 bridgehead atoms. The maximum atomic E-state index is 13.9. The molecule has 5 heteroatoms. The minimum atomic E-state index is -0.457. The van der Waals surface area contributed by atoms with Gasteiger partial charge in [-0.05, 0) is 61.4 Å². The Bertz CT molecular complexity index is 1140. The Labute approximate surface area is 182 Å². The van der Waals surface area contributed by atoms with Crippen LogP contribution in [-0.2, 0) is 4.79 Å². The molecule has 0 radical (unpaired) electrons. The molecule has 1 aromatic heterocycles. The number of H-pyrrole nitrogens is 1. The van der Waals surface area contributed by atoms with E-state index in [0.29, 0.717) is 5.56 Å². The third-order valence-corrected chi connectivity index (χ3v) is 7.32. The molecule has 1 spiro atoms. The molecule has 2 aromatic carbocycles. The molecule has 5 nitrogen and oxygen atoms in total. The van der Waals surface area contributed by atoms with Crippen LogP contribution >= 0.6 is 0 Å². The molecule has 1 fully saturated rings. The topological polar surface area (TPSA) is 65.2 Å². The molecule has 1 aliphatic carbocycles. The number of carbonyl (C=O) groups excluding carboxylic acids is 2. The van der Waals surface area contributed by atoms with Crippen LogP contribution in [0.5, 0.6) is 0 Å². The minimum Gasteiger partial charge on any atom is -0.361 e. The molecular weight excluding hydrogens is 386 g/mol. The quantitative estimate of drug-likeness (QED) is 0.594. The zero-order valence-corrected chi connectivity index (χ0v) is 18.2.